The summed E-state index contributed by atoms with van der Waals surface area (Å²) in [6, 6.07) is 4.68. The quantitative estimate of drug-likeness (QED) is 0.483. The van der Waals surface area contributed by atoms with E-state index < -0.39 is 17.9 Å². The van der Waals surface area contributed by atoms with Crippen LogP contribution in [0.25, 0.3) is 0 Å². The first-order chi connectivity index (χ1) is 14.5. The van der Waals surface area contributed by atoms with Crippen LogP contribution in [0, 0.1) is 11.3 Å². The third-order valence-electron chi connectivity index (χ3n) is 6.03. The molecular formula is C19H23BN5O4S. The van der Waals surface area contributed by atoms with Crippen LogP contribution in [0.1, 0.15) is 28.9 Å². The topological polar surface area (TPSA) is 120 Å². The molecule has 157 valence electrons. The van der Waals surface area contributed by atoms with Gasteiger partial charge in [0.2, 0.25) is 11.8 Å². The minimum absolute atomic E-state index is 0.0748. The highest BCUT2D eigenvalue weighted by atomic mass is 32.1. The molecule has 9 nitrogen and oxygen atoms in total. The van der Waals surface area contributed by atoms with E-state index in [0.29, 0.717) is 30.8 Å². The van der Waals surface area contributed by atoms with Gasteiger partial charge in [-0.25, -0.2) is 0 Å². The lowest BCUT2D eigenvalue weighted by atomic mass is 9.78. The van der Waals surface area contributed by atoms with Gasteiger partial charge < -0.3 is 25.1 Å². The van der Waals surface area contributed by atoms with Crippen molar-refractivity contribution in [2.45, 2.75) is 43.2 Å². The molecule has 3 amide bonds. The molecule has 3 aliphatic heterocycles. The number of hydrogen-bond donors (Lipinski definition) is 1. The SMILES string of the molecule is N#C[C@@H]1CCCN1C(=O)[C@@H]([B]OCN)CN1C(=O)[C@@H]2C[C@H]1CN2C(=O)c1cccs1. The number of nitriles is 1. The number of carbonyl (C=O) groups is 3. The van der Waals surface area contributed by atoms with Crippen LogP contribution in [-0.4, -0.2) is 84.4 Å². The molecule has 11 heteroatoms. The van der Waals surface area contributed by atoms with Gasteiger partial charge in [0.15, 0.2) is 0 Å². The number of likely N-dealkylation sites (tertiary alicyclic amines) is 3. The van der Waals surface area contributed by atoms with Gasteiger partial charge in [-0.05, 0) is 30.7 Å². The van der Waals surface area contributed by atoms with E-state index in [2.05, 4.69) is 6.07 Å². The van der Waals surface area contributed by atoms with Gasteiger partial charge in [0.1, 0.15) is 12.1 Å². The fourth-order valence-corrected chi connectivity index (χ4v) is 5.27. The number of nitrogens with two attached hydrogens (primary N) is 1. The maximum atomic E-state index is 13.1. The lowest BCUT2D eigenvalue weighted by Gasteiger charge is -2.36. The molecule has 30 heavy (non-hydrogen) atoms. The second-order valence-corrected chi connectivity index (χ2v) is 8.67. The summed E-state index contributed by atoms with van der Waals surface area (Å²) in [6.45, 7) is 1.06. The van der Waals surface area contributed by atoms with E-state index in [1.54, 1.807) is 20.8 Å². The average molecular weight is 428 g/mol. The molecule has 2 N–H and O–H groups in total. The van der Waals surface area contributed by atoms with Gasteiger partial charge in [-0.3, -0.25) is 14.4 Å². The summed E-state index contributed by atoms with van der Waals surface area (Å²) < 4.78 is 5.20. The summed E-state index contributed by atoms with van der Waals surface area (Å²) in [4.78, 5) is 44.3. The molecule has 4 atom stereocenters. The molecular weight excluding hydrogens is 405 g/mol. The van der Waals surface area contributed by atoms with Crippen molar-refractivity contribution in [2.24, 2.45) is 5.73 Å². The molecule has 0 spiro atoms. The first-order valence-corrected chi connectivity index (χ1v) is 10.9. The summed E-state index contributed by atoms with van der Waals surface area (Å²) in [6.07, 6.45) is 2.00. The smallest absolute Gasteiger partial charge is 0.309 e. The van der Waals surface area contributed by atoms with Crippen molar-refractivity contribution in [3.05, 3.63) is 22.4 Å². The van der Waals surface area contributed by atoms with Gasteiger partial charge in [-0.15, -0.1) is 11.3 Å². The molecule has 3 fully saturated rings. The molecule has 1 aromatic heterocycles. The number of piperazine rings is 1. The number of amides is 3. The van der Waals surface area contributed by atoms with E-state index in [1.807, 2.05) is 11.4 Å². The van der Waals surface area contributed by atoms with Gasteiger partial charge in [0, 0.05) is 19.6 Å². The minimum atomic E-state index is -0.702. The summed E-state index contributed by atoms with van der Waals surface area (Å²) in [5, 5.41) is 11.1. The van der Waals surface area contributed by atoms with Crippen LogP contribution in [0.5, 0.6) is 0 Å². The first-order valence-electron chi connectivity index (χ1n) is 10.0. The van der Waals surface area contributed by atoms with Crippen molar-refractivity contribution in [2.75, 3.05) is 26.4 Å². The fraction of sp³-hybridized carbons (Fsp3) is 0.579. The normalized spacial score (nSPS) is 26.2. The predicted molar refractivity (Wildman–Crippen MR) is 109 cm³/mol. The number of rotatable bonds is 7. The van der Waals surface area contributed by atoms with Crippen LogP contribution in [-0.2, 0) is 14.2 Å². The molecule has 2 bridgehead atoms. The Morgan fingerprint density at radius 1 is 1.43 bits per heavy atom. The zero-order valence-corrected chi connectivity index (χ0v) is 17.3. The number of hydrogen-bond acceptors (Lipinski definition) is 7. The lowest BCUT2D eigenvalue weighted by molar-refractivity contribution is -0.137. The average Bonchev–Trinajstić information content (AvgIpc) is 3.54. The Balaban J connectivity index is 1.44. The van der Waals surface area contributed by atoms with Crippen molar-refractivity contribution in [3.63, 3.8) is 0 Å². The second kappa shape index (κ2) is 8.75. The molecule has 1 radical (unpaired) electrons. The van der Waals surface area contributed by atoms with Crippen LogP contribution in [0.3, 0.4) is 0 Å². The predicted octanol–water partition coefficient (Wildman–Crippen LogP) is 0.0285. The van der Waals surface area contributed by atoms with Crippen LogP contribution < -0.4 is 5.73 Å². The van der Waals surface area contributed by atoms with Crippen molar-refractivity contribution in [3.8, 4) is 6.07 Å². The van der Waals surface area contributed by atoms with Gasteiger partial charge in [0.05, 0.1) is 29.5 Å². The van der Waals surface area contributed by atoms with Crippen LogP contribution in [0.4, 0.5) is 0 Å². The van der Waals surface area contributed by atoms with Crippen LogP contribution >= 0.6 is 11.3 Å². The molecule has 4 rings (SSSR count). The Labute approximate surface area is 179 Å². The van der Waals surface area contributed by atoms with E-state index in [9.17, 15) is 19.6 Å². The van der Waals surface area contributed by atoms with Gasteiger partial charge >= 0.3 is 7.48 Å². The molecule has 0 saturated carbocycles. The summed E-state index contributed by atoms with van der Waals surface area (Å²) >= 11 is 1.36. The molecule has 4 heterocycles. The number of carbonyl (C=O) groups excluding carboxylic acids is 3. The van der Waals surface area contributed by atoms with Gasteiger partial charge in [0.25, 0.3) is 5.91 Å². The Bertz CT molecular complexity index is 860. The van der Waals surface area contributed by atoms with Crippen molar-refractivity contribution in [1.29, 1.82) is 5.26 Å². The van der Waals surface area contributed by atoms with E-state index >= 15 is 0 Å². The van der Waals surface area contributed by atoms with E-state index in [1.165, 1.54) is 18.8 Å². The number of fused-ring (bicyclic) bond motifs is 2. The molecule has 0 unspecified atom stereocenters. The van der Waals surface area contributed by atoms with Crippen LogP contribution in [0.15, 0.2) is 17.5 Å². The first kappa shape index (κ1) is 20.8. The number of thiophene rings is 1. The van der Waals surface area contributed by atoms with Crippen molar-refractivity contribution < 1.29 is 19.0 Å². The maximum absolute atomic E-state index is 13.1. The summed E-state index contributed by atoms with van der Waals surface area (Å²) in [7, 11) is 1.38. The Morgan fingerprint density at radius 3 is 2.93 bits per heavy atom. The Morgan fingerprint density at radius 2 is 2.27 bits per heavy atom. The Kier molecular flexibility index (Phi) is 6.08. The molecule has 1 aromatic rings. The summed E-state index contributed by atoms with van der Waals surface area (Å²) in [5.74, 6) is -1.19. The molecule has 0 aromatic carbocycles. The zero-order valence-electron chi connectivity index (χ0n) is 16.5. The highest BCUT2D eigenvalue weighted by molar-refractivity contribution is 7.12. The molecule has 3 aliphatic rings. The monoisotopic (exact) mass is 428 g/mol. The third-order valence-corrected chi connectivity index (χ3v) is 6.89. The van der Waals surface area contributed by atoms with Crippen molar-refractivity contribution in [1.82, 2.24) is 14.7 Å². The van der Waals surface area contributed by atoms with Crippen LogP contribution in [0.2, 0.25) is 5.82 Å². The highest BCUT2D eigenvalue weighted by Gasteiger charge is 2.52. The van der Waals surface area contributed by atoms with Gasteiger partial charge in [-0.2, -0.15) is 5.26 Å². The molecule has 3 saturated heterocycles. The molecule has 0 aliphatic carbocycles. The number of nitrogens with zero attached hydrogens (tertiary/aromatic N) is 4. The maximum Gasteiger partial charge on any atom is 0.309 e. The Hall–Kier alpha value is -2.42. The van der Waals surface area contributed by atoms with E-state index in [-0.39, 0.29) is 37.0 Å². The fourth-order valence-electron chi connectivity index (χ4n) is 4.59. The van der Waals surface area contributed by atoms with E-state index in [0.717, 1.165) is 6.42 Å². The minimum Gasteiger partial charge on any atom is -0.428 e. The highest BCUT2D eigenvalue weighted by Crippen LogP contribution is 2.35. The third kappa shape index (κ3) is 3.71. The zero-order chi connectivity index (χ0) is 21.3. The lowest BCUT2D eigenvalue weighted by Crippen LogP contribution is -2.54. The largest absolute Gasteiger partial charge is 0.428 e. The van der Waals surface area contributed by atoms with E-state index in [4.69, 9.17) is 10.4 Å². The standard InChI is InChI=1S/C19H23BN5O4S/c21-8-12-3-1-5-23(12)17(26)14(20-29-11-22)10-24-13-7-15(18(24)27)25(9-13)19(28)16-4-2-6-30-16/h2,4,6,12-15H,1,3,5,7,9-11,22H2/t12-,13-,14-,15-/m0/s1. The van der Waals surface area contributed by atoms with Crippen molar-refractivity contribution >= 4 is 36.5 Å². The second-order valence-electron chi connectivity index (χ2n) is 7.73. The summed E-state index contributed by atoms with van der Waals surface area (Å²) in [5.41, 5.74) is 5.42. The van der Waals surface area contributed by atoms with Gasteiger partial charge in [-0.1, -0.05) is 6.07 Å².